The van der Waals surface area contributed by atoms with Gasteiger partial charge in [-0.3, -0.25) is 10.1 Å². The Morgan fingerprint density at radius 1 is 1.42 bits per heavy atom. The molecule has 0 amide bonds. The quantitative estimate of drug-likeness (QED) is 0.633. The predicted octanol–water partition coefficient (Wildman–Crippen LogP) is 2.81. The van der Waals surface area contributed by atoms with E-state index in [1.165, 1.54) is 25.7 Å². The van der Waals surface area contributed by atoms with Gasteiger partial charge in [-0.2, -0.15) is 0 Å². The summed E-state index contributed by atoms with van der Waals surface area (Å²) in [7, 11) is 0. The maximum Gasteiger partial charge on any atom is 0.323 e. The van der Waals surface area contributed by atoms with Gasteiger partial charge in [0.15, 0.2) is 0 Å². The van der Waals surface area contributed by atoms with E-state index >= 15 is 0 Å². The summed E-state index contributed by atoms with van der Waals surface area (Å²) in [5.74, 6) is -0.0448. The van der Waals surface area contributed by atoms with Crippen molar-refractivity contribution >= 4 is 5.97 Å². The molecule has 4 nitrogen and oxygen atoms in total. The molecule has 1 rings (SSSR count). The van der Waals surface area contributed by atoms with E-state index in [4.69, 9.17) is 4.74 Å². The summed E-state index contributed by atoms with van der Waals surface area (Å²) in [5.41, 5.74) is -0.842. The molecule has 0 aromatic carbocycles. The molecule has 0 spiro atoms. The third-order valence-corrected chi connectivity index (χ3v) is 3.87. The fraction of sp³-hybridized carbons (Fsp3) is 0.933. The number of aliphatic carboxylic acids is 1. The molecule has 0 aromatic heterocycles. The standard InChI is InChI=1S/C15H29NO3/c1-12(2)16-15(3,14(17)18)9-6-10-19-11-13-7-4-5-8-13/h12-13,16H,4-11H2,1-3H3,(H,17,18). The number of ether oxygens (including phenoxy) is 1. The molecule has 0 aliphatic heterocycles. The van der Waals surface area contributed by atoms with Crippen molar-refractivity contribution in [2.24, 2.45) is 5.92 Å². The number of nitrogens with one attached hydrogen (secondary N) is 1. The lowest BCUT2D eigenvalue weighted by atomic mass is 9.95. The van der Waals surface area contributed by atoms with Crippen LogP contribution >= 0.6 is 0 Å². The van der Waals surface area contributed by atoms with E-state index in [9.17, 15) is 9.90 Å². The van der Waals surface area contributed by atoms with E-state index in [1.54, 1.807) is 6.92 Å². The summed E-state index contributed by atoms with van der Waals surface area (Å²) in [4.78, 5) is 11.3. The normalized spacial score (nSPS) is 19.8. The number of hydrogen-bond acceptors (Lipinski definition) is 3. The van der Waals surface area contributed by atoms with Crippen molar-refractivity contribution in [3.63, 3.8) is 0 Å². The van der Waals surface area contributed by atoms with E-state index in [0.29, 0.717) is 13.0 Å². The first-order chi connectivity index (χ1) is 8.94. The van der Waals surface area contributed by atoms with Gasteiger partial charge < -0.3 is 9.84 Å². The van der Waals surface area contributed by atoms with Gasteiger partial charge >= 0.3 is 5.97 Å². The highest BCUT2D eigenvalue weighted by molar-refractivity contribution is 5.78. The fourth-order valence-electron chi connectivity index (χ4n) is 2.83. The number of carboxylic acids is 1. The lowest BCUT2D eigenvalue weighted by molar-refractivity contribution is -0.145. The zero-order chi connectivity index (χ0) is 14.3. The molecule has 1 unspecified atom stereocenters. The highest BCUT2D eigenvalue weighted by atomic mass is 16.5. The minimum atomic E-state index is -0.842. The van der Waals surface area contributed by atoms with Gasteiger partial charge in [0, 0.05) is 19.3 Å². The van der Waals surface area contributed by atoms with Gasteiger partial charge in [-0.15, -0.1) is 0 Å². The molecule has 0 radical (unpaired) electrons. The van der Waals surface area contributed by atoms with Crippen molar-refractivity contribution < 1.29 is 14.6 Å². The Morgan fingerprint density at radius 2 is 2.05 bits per heavy atom. The molecule has 2 N–H and O–H groups in total. The zero-order valence-electron chi connectivity index (χ0n) is 12.6. The largest absolute Gasteiger partial charge is 0.480 e. The Kier molecular flexibility index (Phi) is 6.80. The molecule has 0 aromatic rings. The molecular formula is C15H29NO3. The average molecular weight is 271 g/mol. The molecule has 1 aliphatic rings. The summed E-state index contributed by atoms with van der Waals surface area (Å²) in [6.45, 7) is 7.21. The van der Waals surface area contributed by atoms with E-state index in [0.717, 1.165) is 18.9 Å². The van der Waals surface area contributed by atoms with Gasteiger partial charge in [0.2, 0.25) is 0 Å². The first-order valence-corrected chi connectivity index (χ1v) is 7.53. The number of carboxylic acid groups (broad SMARTS) is 1. The molecule has 0 saturated heterocycles. The second-order valence-corrected chi connectivity index (χ2v) is 6.27. The van der Waals surface area contributed by atoms with Crippen LogP contribution in [0.1, 0.15) is 59.3 Å². The van der Waals surface area contributed by atoms with Gasteiger partial charge in [0.25, 0.3) is 0 Å². The topological polar surface area (TPSA) is 58.6 Å². The van der Waals surface area contributed by atoms with Crippen LogP contribution in [0, 0.1) is 5.92 Å². The van der Waals surface area contributed by atoms with Crippen LogP contribution < -0.4 is 5.32 Å². The van der Waals surface area contributed by atoms with Gasteiger partial charge in [0.1, 0.15) is 5.54 Å². The Labute approximate surface area is 116 Å². The highest BCUT2D eigenvalue weighted by Crippen LogP contribution is 2.24. The van der Waals surface area contributed by atoms with E-state index in [2.05, 4.69) is 5.32 Å². The molecular weight excluding hydrogens is 242 g/mol. The molecule has 0 bridgehead atoms. The highest BCUT2D eigenvalue weighted by Gasteiger charge is 2.32. The molecule has 19 heavy (non-hydrogen) atoms. The molecule has 1 atom stereocenters. The first-order valence-electron chi connectivity index (χ1n) is 7.53. The van der Waals surface area contributed by atoms with E-state index in [1.807, 2.05) is 13.8 Å². The summed E-state index contributed by atoms with van der Waals surface area (Å²) >= 11 is 0. The Morgan fingerprint density at radius 3 is 2.58 bits per heavy atom. The lowest BCUT2D eigenvalue weighted by Crippen LogP contribution is -2.52. The monoisotopic (exact) mass is 271 g/mol. The summed E-state index contributed by atoms with van der Waals surface area (Å²) in [6, 6.07) is 0.167. The average Bonchev–Trinajstić information content (AvgIpc) is 2.80. The van der Waals surface area contributed by atoms with E-state index in [-0.39, 0.29) is 6.04 Å². The van der Waals surface area contributed by atoms with Crippen molar-refractivity contribution in [1.82, 2.24) is 5.32 Å². The van der Waals surface area contributed by atoms with Crippen molar-refractivity contribution in [2.75, 3.05) is 13.2 Å². The van der Waals surface area contributed by atoms with Crippen LogP contribution in [0.15, 0.2) is 0 Å². The van der Waals surface area contributed by atoms with Crippen molar-refractivity contribution in [3.05, 3.63) is 0 Å². The molecule has 1 fully saturated rings. The zero-order valence-corrected chi connectivity index (χ0v) is 12.6. The number of rotatable bonds is 9. The minimum absolute atomic E-state index is 0.167. The number of carbonyl (C=O) groups is 1. The second kappa shape index (κ2) is 7.85. The van der Waals surface area contributed by atoms with Crippen LogP contribution in [-0.4, -0.2) is 35.9 Å². The SMILES string of the molecule is CC(C)NC(C)(CCCOCC1CCCC1)C(=O)O. The number of hydrogen-bond donors (Lipinski definition) is 2. The van der Waals surface area contributed by atoms with Gasteiger partial charge in [-0.25, -0.2) is 0 Å². The van der Waals surface area contributed by atoms with Gasteiger partial charge in [-0.05, 0) is 52.4 Å². The smallest absolute Gasteiger partial charge is 0.323 e. The van der Waals surface area contributed by atoms with Crippen molar-refractivity contribution in [1.29, 1.82) is 0 Å². The van der Waals surface area contributed by atoms with Crippen LogP contribution in [-0.2, 0) is 9.53 Å². The first kappa shape index (κ1) is 16.4. The fourth-order valence-corrected chi connectivity index (χ4v) is 2.83. The van der Waals surface area contributed by atoms with Crippen LogP contribution in [0.3, 0.4) is 0 Å². The Hall–Kier alpha value is -0.610. The summed E-state index contributed by atoms with van der Waals surface area (Å²) < 4.78 is 5.68. The second-order valence-electron chi connectivity index (χ2n) is 6.27. The third kappa shape index (κ3) is 5.91. The van der Waals surface area contributed by atoms with Gasteiger partial charge in [0.05, 0.1) is 0 Å². The van der Waals surface area contributed by atoms with Crippen LogP contribution in [0.25, 0.3) is 0 Å². The Balaban J connectivity index is 2.18. The molecule has 0 heterocycles. The molecule has 112 valence electrons. The molecule has 1 saturated carbocycles. The van der Waals surface area contributed by atoms with E-state index < -0.39 is 11.5 Å². The summed E-state index contributed by atoms with van der Waals surface area (Å²) in [6.07, 6.45) is 6.65. The lowest BCUT2D eigenvalue weighted by Gasteiger charge is -2.28. The maximum absolute atomic E-state index is 11.3. The maximum atomic E-state index is 11.3. The third-order valence-electron chi connectivity index (χ3n) is 3.87. The van der Waals surface area contributed by atoms with Gasteiger partial charge in [-0.1, -0.05) is 12.8 Å². The van der Waals surface area contributed by atoms with Crippen LogP contribution in [0.5, 0.6) is 0 Å². The molecule has 1 aliphatic carbocycles. The van der Waals surface area contributed by atoms with Crippen molar-refractivity contribution in [2.45, 2.75) is 70.9 Å². The van der Waals surface area contributed by atoms with Crippen molar-refractivity contribution in [3.8, 4) is 0 Å². The van der Waals surface area contributed by atoms with Crippen LogP contribution in [0.4, 0.5) is 0 Å². The molecule has 4 heteroatoms. The Bertz CT molecular complexity index is 275. The predicted molar refractivity (Wildman–Crippen MR) is 76.3 cm³/mol. The minimum Gasteiger partial charge on any atom is -0.480 e. The van der Waals surface area contributed by atoms with Crippen LogP contribution in [0.2, 0.25) is 0 Å². The summed E-state index contributed by atoms with van der Waals surface area (Å²) in [5, 5.41) is 12.4.